The Hall–Kier alpha value is -0.650. The largest absolute Gasteiger partial charge is 0.378 e. The lowest BCUT2D eigenvalue weighted by Gasteiger charge is -2.38. The Kier molecular flexibility index (Phi) is 3.23. The molecule has 2 rings (SSSR count). The van der Waals surface area contributed by atoms with E-state index in [1.165, 1.54) is 0 Å². The highest BCUT2D eigenvalue weighted by atomic mass is 16.5. The van der Waals surface area contributed by atoms with E-state index in [1.807, 2.05) is 11.8 Å². The van der Waals surface area contributed by atoms with Gasteiger partial charge in [0.2, 0.25) is 0 Å². The zero-order valence-corrected chi connectivity index (χ0v) is 9.12. The van der Waals surface area contributed by atoms with Crippen molar-refractivity contribution in [2.45, 2.75) is 12.5 Å². The lowest BCUT2D eigenvalue weighted by atomic mass is 10.0. The van der Waals surface area contributed by atoms with Gasteiger partial charge in [-0.15, -0.1) is 0 Å². The summed E-state index contributed by atoms with van der Waals surface area (Å²) in [6.07, 6.45) is 0. The molecule has 2 aliphatic rings. The molecular weight excluding hydrogens is 196 g/mol. The van der Waals surface area contributed by atoms with E-state index in [2.05, 4.69) is 5.32 Å². The van der Waals surface area contributed by atoms with Crippen molar-refractivity contribution in [1.82, 2.24) is 10.2 Å². The van der Waals surface area contributed by atoms with Crippen molar-refractivity contribution in [2.24, 2.45) is 0 Å². The van der Waals surface area contributed by atoms with E-state index in [0.29, 0.717) is 39.5 Å². The van der Waals surface area contributed by atoms with E-state index in [0.717, 1.165) is 6.54 Å². The number of carbonyl (C=O) groups is 1. The topological polar surface area (TPSA) is 50.8 Å². The second-order valence-corrected chi connectivity index (χ2v) is 4.16. The van der Waals surface area contributed by atoms with E-state index >= 15 is 0 Å². The molecule has 0 bridgehead atoms. The van der Waals surface area contributed by atoms with Crippen molar-refractivity contribution >= 4 is 5.91 Å². The lowest BCUT2D eigenvalue weighted by Crippen LogP contribution is -2.59. The molecule has 2 fully saturated rings. The molecule has 0 radical (unpaired) electrons. The van der Waals surface area contributed by atoms with Gasteiger partial charge in [-0.2, -0.15) is 0 Å². The van der Waals surface area contributed by atoms with E-state index in [4.69, 9.17) is 9.47 Å². The molecule has 2 aliphatic heterocycles. The number of rotatable bonds is 1. The molecular formula is C10H18N2O3. The molecule has 5 nitrogen and oxygen atoms in total. The summed E-state index contributed by atoms with van der Waals surface area (Å²) in [6, 6.07) is 0. The molecule has 1 atom stereocenters. The fraction of sp³-hybridized carbons (Fsp3) is 0.900. The molecule has 0 spiro atoms. The van der Waals surface area contributed by atoms with Gasteiger partial charge in [0.05, 0.1) is 19.8 Å². The number of hydrogen-bond acceptors (Lipinski definition) is 4. The quantitative estimate of drug-likeness (QED) is 0.622. The highest BCUT2D eigenvalue weighted by Crippen LogP contribution is 2.17. The van der Waals surface area contributed by atoms with Crippen LogP contribution in [0.4, 0.5) is 0 Å². The van der Waals surface area contributed by atoms with Crippen molar-refractivity contribution in [3.05, 3.63) is 0 Å². The molecule has 0 aromatic carbocycles. The Morgan fingerprint density at radius 3 is 2.67 bits per heavy atom. The summed E-state index contributed by atoms with van der Waals surface area (Å²) in [5.74, 6) is 0.0815. The smallest absolute Gasteiger partial charge is 0.256 e. The van der Waals surface area contributed by atoms with Crippen LogP contribution in [0.2, 0.25) is 0 Å². The first-order valence-corrected chi connectivity index (χ1v) is 5.44. The third-order valence-electron chi connectivity index (χ3n) is 2.91. The summed E-state index contributed by atoms with van der Waals surface area (Å²) in [5, 5.41) is 3.19. The van der Waals surface area contributed by atoms with Crippen LogP contribution in [0.15, 0.2) is 0 Å². The highest BCUT2D eigenvalue weighted by molar-refractivity contribution is 5.85. The molecule has 1 unspecified atom stereocenters. The average molecular weight is 214 g/mol. The lowest BCUT2D eigenvalue weighted by molar-refractivity contribution is -0.163. The maximum Gasteiger partial charge on any atom is 0.256 e. The summed E-state index contributed by atoms with van der Waals surface area (Å²) in [6.45, 7) is 6.51. The zero-order valence-electron chi connectivity index (χ0n) is 9.12. The van der Waals surface area contributed by atoms with Gasteiger partial charge in [0.25, 0.3) is 5.91 Å². The van der Waals surface area contributed by atoms with Gasteiger partial charge in [-0.3, -0.25) is 4.79 Å². The van der Waals surface area contributed by atoms with Crippen LogP contribution < -0.4 is 5.32 Å². The van der Waals surface area contributed by atoms with Crippen molar-refractivity contribution in [2.75, 3.05) is 46.0 Å². The van der Waals surface area contributed by atoms with Gasteiger partial charge in [0, 0.05) is 26.2 Å². The van der Waals surface area contributed by atoms with E-state index in [9.17, 15) is 4.79 Å². The maximum atomic E-state index is 12.2. The number of ether oxygens (including phenoxy) is 2. The minimum absolute atomic E-state index is 0.0815. The zero-order chi connectivity index (χ0) is 10.7. The number of hydrogen-bond donors (Lipinski definition) is 1. The molecule has 5 heteroatoms. The molecule has 0 aliphatic carbocycles. The minimum atomic E-state index is -0.685. The fourth-order valence-corrected chi connectivity index (χ4v) is 1.96. The van der Waals surface area contributed by atoms with Crippen molar-refractivity contribution in [3.8, 4) is 0 Å². The minimum Gasteiger partial charge on any atom is -0.378 e. The van der Waals surface area contributed by atoms with Crippen LogP contribution in [-0.2, 0) is 14.3 Å². The SMILES string of the molecule is CC1(C(=O)N2CCOCC2)CNCCO1. The third kappa shape index (κ3) is 2.30. The van der Waals surface area contributed by atoms with Gasteiger partial charge < -0.3 is 19.7 Å². The number of morpholine rings is 2. The summed E-state index contributed by atoms with van der Waals surface area (Å²) < 4.78 is 10.8. The highest BCUT2D eigenvalue weighted by Gasteiger charge is 2.39. The predicted octanol–water partition coefficient (Wildman–Crippen LogP) is -0.776. The first kappa shape index (κ1) is 10.9. The Morgan fingerprint density at radius 1 is 1.33 bits per heavy atom. The second-order valence-electron chi connectivity index (χ2n) is 4.16. The van der Waals surface area contributed by atoms with Crippen LogP contribution in [0, 0.1) is 0 Å². The van der Waals surface area contributed by atoms with E-state index < -0.39 is 5.60 Å². The molecule has 0 aromatic rings. The number of nitrogens with one attached hydrogen (secondary N) is 1. The third-order valence-corrected chi connectivity index (χ3v) is 2.91. The maximum absolute atomic E-state index is 12.2. The fourth-order valence-electron chi connectivity index (χ4n) is 1.96. The Labute approximate surface area is 89.7 Å². The van der Waals surface area contributed by atoms with Crippen molar-refractivity contribution in [3.63, 3.8) is 0 Å². The Bertz CT molecular complexity index is 233. The van der Waals surface area contributed by atoms with Gasteiger partial charge in [-0.05, 0) is 6.92 Å². The molecule has 86 valence electrons. The van der Waals surface area contributed by atoms with E-state index in [1.54, 1.807) is 0 Å². The van der Waals surface area contributed by atoms with Gasteiger partial charge in [-0.1, -0.05) is 0 Å². The summed E-state index contributed by atoms with van der Waals surface area (Å²) in [7, 11) is 0. The summed E-state index contributed by atoms with van der Waals surface area (Å²) in [5.41, 5.74) is -0.685. The molecule has 0 aromatic heterocycles. The van der Waals surface area contributed by atoms with Crippen LogP contribution in [0.1, 0.15) is 6.92 Å². The molecule has 2 saturated heterocycles. The first-order chi connectivity index (χ1) is 7.22. The summed E-state index contributed by atoms with van der Waals surface area (Å²) >= 11 is 0. The molecule has 0 saturated carbocycles. The van der Waals surface area contributed by atoms with Crippen LogP contribution in [-0.4, -0.2) is 62.4 Å². The van der Waals surface area contributed by atoms with Crippen LogP contribution in [0.5, 0.6) is 0 Å². The number of carbonyl (C=O) groups excluding carboxylic acids is 1. The standard InChI is InChI=1S/C10H18N2O3/c1-10(8-11-2-5-15-10)9(13)12-3-6-14-7-4-12/h11H,2-8H2,1H3. The van der Waals surface area contributed by atoms with E-state index in [-0.39, 0.29) is 5.91 Å². The van der Waals surface area contributed by atoms with Crippen molar-refractivity contribution in [1.29, 1.82) is 0 Å². The normalized spacial score (nSPS) is 32.7. The van der Waals surface area contributed by atoms with Gasteiger partial charge in [0.15, 0.2) is 5.60 Å². The van der Waals surface area contributed by atoms with Crippen molar-refractivity contribution < 1.29 is 14.3 Å². The molecule has 1 N–H and O–H groups in total. The molecule has 2 heterocycles. The first-order valence-electron chi connectivity index (χ1n) is 5.44. The Morgan fingerprint density at radius 2 is 2.07 bits per heavy atom. The summed E-state index contributed by atoms with van der Waals surface area (Å²) in [4.78, 5) is 14.0. The van der Waals surface area contributed by atoms with Crippen LogP contribution in [0.25, 0.3) is 0 Å². The predicted molar refractivity (Wildman–Crippen MR) is 54.6 cm³/mol. The number of nitrogens with zero attached hydrogens (tertiary/aromatic N) is 1. The number of amides is 1. The average Bonchev–Trinajstić information content (AvgIpc) is 2.30. The van der Waals surface area contributed by atoms with Gasteiger partial charge in [-0.25, -0.2) is 0 Å². The van der Waals surface area contributed by atoms with Gasteiger partial charge in [0.1, 0.15) is 0 Å². The second kappa shape index (κ2) is 4.47. The van der Waals surface area contributed by atoms with Crippen LogP contribution >= 0.6 is 0 Å². The van der Waals surface area contributed by atoms with Crippen LogP contribution in [0.3, 0.4) is 0 Å². The molecule has 15 heavy (non-hydrogen) atoms. The van der Waals surface area contributed by atoms with Gasteiger partial charge >= 0.3 is 0 Å². The monoisotopic (exact) mass is 214 g/mol. The molecule has 1 amide bonds. The Balaban J connectivity index is 1.98.